The fourth-order valence-corrected chi connectivity index (χ4v) is 6.26. The van der Waals surface area contributed by atoms with Crippen LogP contribution in [0.3, 0.4) is 0 Å². The average Bonchev–Trinajstić information content (AvgIpc) is 3.72. The van der Waals surface area contributed by atoms with Crippen LogP contribution in [-0.4, -0.2) is 4.98 Å². The first kappa shape index (κ1) is 22.2. The normalized spacial score (nSPS) is 11.9. The van der Waals surface area contributed by atoms with Crippen molar-refractivity contribution < 1.29 is 8.83 Å². The maximum Gasteiger partial charge on any atom is 0.227 e. The number of para-hydroxylation sites is 3. The second-order valence-electron chi connectivity index (χ2n) is 10.3. The van der Waals surface area contributed by atoms with E-state index in [4.69, 9.17) is 13.8 Å². The van der Waals surface area contributed by atoms with Gasteiger partial charge in [0.25, 0.3) is 0 Å². The van der Waals surface area contributed by atoms with E-state index in [1.165, 1.54) is 0 Å². The van der Waals surface area contributed by atoms with E-state index in [0.717, 1.165) is 77.9 Å². The fraction of sp³-hybridized carbons (Fsp3) is 0. The zero-order valence-electron chi connectivity index (χ0n) is 21.9. The number of benzene rings is 6. The summed E-state index contributed by atoms with van der Waals surface area (Å²) >= 11 is 0. The predicted octanol–water partition coefficient (Wildman–Crippen LogP) is 10.5. The number of nitrogens with zero attached hydrogens (tertiary/aromatic N) is 2. The number of hydrogen-bond acceptors (Lipinski definition) is 4. The third-order valence-electron chi connectivity index (χ3n) is 8.04. The summed E-state index contributed by atoms with van der Waals surface area (Å²) in [5.41, 5.74) is 8.89. The van der Waals surface area contributed by atoms with Gasteiger partial charge in [0.15, 0.2) is 11.3 Å². The Bertz CT molecular complexity index is 2230. The zero-order valence-corrected chi connectivity index (χ0v) is 21.9. The second-order valence-corrected chi connectivity index (χ2v) is 10.3. The van der Waals surface area contributed by atoms with Gasteiger partial charge in [-0.1, -0.05) is 84.9 Å². The summed E-state index contributed by atoms with van der Waals surface area (Å²) in [5, 5.41) is 4.50. The van der Waals surface area contributed by atoms with Crippen LogP contribution >= 0.6 is 0 Å². The van der Waals surface area contributed by atoms with Crippen molar-refractivity contribution in [2.24, 2.45) is 0 Å². The molecule has 1 aliphatic rings. The van der Waals surface area contributed by atoms with Crippen LogP contribution in [0.1, 0.15) is 0 Å². The van der Waals surface area contributed by atoms with Crippen LogP contribution in [0.5, 0.6) is 0 Å². The van der Waals surface area contributed by atoms with Crippen LogP contribution in [0.4, 0.5) is 17.1 Å². The fourth-order valence-electron chi connectivity index (χ4n) is 6.26. The molecule has 0 atom stereocenters. The van der Waals surface area contributed by atoms with Crippen molar-refractivity contribution in [3.63, 3.8) is 0 Å². The van der Waals surface area contributed by atoms with Gasteiger partial charge < -0.3 is 13.7 Å². The largest absolute Gasteiger partial charge is 0.454 e. The van der Waals surface area contributed by atoms with Gasteiger partial charge in [0.2, 0.25) is 5.89 Å². The second kappa shape index (κ2) is 8.44. The Labute approximate surface area is 235 Å². The number of aromatic nitrogens is 1. The Morgan fingerprint density at radius 3 is 2.12 bits per heavy atom. The van der Waals surface area contributed by atoms with E-state index >= 15 is 0 Å². The molecule has 4 nitrogen and oxygen atoms in total. The average molecular weight is 527 g/mol. The minimum absolute atomic E-state index is 0.643. The highest BCUT2D eigenvalue weighted by molar-refractivity contribution is 6.18. The molecule has 2 heterocycles. The molecule has 2 aromatic heterocycles. The first-order valence-corrected chi connectivity index (χ1v) is 13.7. The molecule has 1 aliphatic carbocycles. The smallest absolute Gasteiger partial charge is 0.227 e. The summed E-state index contributed by atoms with van der Waals surface area (Å²) < 4.78 is 12.9. The number of fused-ring (bicyclic) bond motifs is 6. The molecule has 0 N–H and O–H groups in total. The van der Waals surface area contributed by atoms with Crippen molar-refractivity contribution in [2.45, 2.75) is 0 Å². The highest BCUT2D eigenvalue weighted by Crippen LogP contribution is 2.52. The lowest BCUT2D eigenvalue weighted by Crippen LogP contribution is -2.10. The van der Waals surface area contributed by atoms with Crippen LogP contribution in [-0.2, 0) is 0 Å². The number of hydrogen-bond donors (Lipinski definition) is 0. The lowest BCUT2D eigenvalue weighted by molar-refractivity contribution is 0.590. The summed E-state index contributed by atoms with van der Waals surface area (Å²) in [6.45, 7) is 0. The standard InChI is InChI=1S/C37H22N2O2/c1-3-11-23(12-4-1)37-38-34-28-18-9-17-27-30(22-21-29(33(27)28)36(34)41-37)39(24-13-5-2-6-14-24)31-19-10-16-26-25-15-7-8-20-32(25)40-35(26)31/h1-22H. The van der Waals surface area contributed by atoms with Gasteiger partial charge in [-0.3, -0.25) is 0 Å². The predicted molar refractivity (Wildman–Crippen MR) is 166 cm³/mol. The molecular weight excluding hydrogens is 504 g/mol. The van der Waals surface area contributed by atoms with E-state index < -0.39 is 0 Å². The zero-order chi connectivity index (χ0) is 26.9. The van der Waals surface area contributed by atoms with Crippen LogP contribution in [0.25, 0.3) is 66.7 Å². The molecule has 0 aliphatic heterocycles. The molecular formula is C37H22N2O2. The number of rotatable bonds is 4. The summed E-state index contributed by atoms with van der Waals surface area (Å²) in [6, 6.07) is 46.0. The number of anilines is 3. The summed E-state index contributed by atoms with van der Waals surface area (Å²) in [6.07, 6.45) is 0. The molecule has 192 valence electrons. The molecule has 41 heavy (non-hydrogen) atoms. The Morgan fingerprint density at radius 2 is 1.24 bits per heavy atom. The molecule has 0 amide bonds. The molecule has 0 radical (unpaired) electrons. The van der Waals surface area contributed by atoms with Crippen molar-refractivity contribution in [1.29, 1.82) is 0 Å². The van der Waals surface area contributed by atoms with Crippen LogP contribution < -0.4 is 4.90 Å². The van der Waals surface area contributed by atoms with Gasteiger partial charge in [0.05, 0.1) is 11.4 Å². The van der Waals surface area contributed by atoms with Crippen LogP contribution in [0, 0.1) is 0 Å². The summed E-state index contributed by atoms with van der Waals surface area (Å²) in [4.78, 5) is 7.26. The number of oxazole rings is 1. The van der Waals surface area contributed by atoms with E-state index in [-0.39, 0.29) is 0 Å². The Kier molecular flexibility index (Phi) is 4.58. The van der Waals surface area contributed by atoms with Crippen molar-refractivity contribution in [3.05, 3.63) is 133 Å². The molecule has 8 aromatic rings. The third-order valence-corrected chi connectivity index (χ3v) is 8.04. The molecule has 0 saturated heterocycles. The van der Waals surface area contributed by atoms with Crippen LogP contribution in [0.2, 0.25) is 0 Å². The van der Waals surface area contributed by atoms with Crippen molar-refractivity contribution in [2.75, 3.05) is 4.90 Å². The van der Waals surface area contributed by atoms with E-state index in [1.807, 2.05) is 48.5 Å². The maximum atomic E-state index is 6.51. The quantitative estimate of drug-likeness (QED) is 0.229. The van der Waals surface area contributed by atoms with Gasteiger partial charge in [-0.05, 0) is 48.5 Å². The van der Waals surface area contributed by atoms with E-state index in [1.54, 1.807) is 0 Å². The summed E-state index contributed by atoms with van der Waals surface area (Å²) in [5.74, 6) is 1.47. The molecule has 0 fully saturated rings. The Hall–Kier alpha value is -5.61. The first-order chi connectivity index (χ1) is 20.3. The summed E-state index contributed by atoms with van der Waals surface area (Å²) in [7, 11) is 0. The lowest BCUT2D eigenvalue weighted by Gasteiger charge is -2.27. The Morgan fingerprint density at radius 1 is 0.512 bits per heavy atom. The monoisotopic (exact) mass is 526 g/mol. The highest BCUT2D eigenvalue weighted by atomic mass is 16.4. The molecule has 0 spiro atoms. The van der Waals surface area contributed by atoms with Crippen molar-refractivity contribution in [3.8, 4) is 34.0 Å². The van der Waals surface area contributed by atoms with Gasteiger partial charge in [-0.25, -0.2) is 4.98 Å². The van der Waals surface area contributed by atoms with Gasteiger partial charge in [-0.15, -0.1) is 0 Å². The third kappa shape index (κ3) is 3.19. The van der Waals surface area contributed by atoms with E-state index in [0.29, 0.717) is 5.89 Å². The van der Waals surface area contributed by atoms with E-state index in [9.17, 15) is 0 Å². The van der Waals surface area contributed by atoms with E-state index in [2.05, 4.69) is 89.8 Å². The first-order valence-electron chi connectivity index (χ1n) is 13.7. The molecule has 0 saturated carbocycles. The molecule has 0 unspecified atom stereocenters. The molecule has 6 aromatic carbocycles. The van der Waals surface area contributed by atoms with Crippen molar-refractivity contribution in [1.82, 2.24) is 4.98 Å². The van der Waals surface area contributed by atoms with Crippen LogP contribution in [0.15, 0.2) is 142 Å². The van der Waals surface area contributed by atoms with Gasteiger partial charge in [0, 0.05) is 43.9 Å². The lowest BCUT2D eigenvalue weighted by atomic mass is 10.0. The SMILES string of the molecule is c1ccc(-c2nc3c(o2)-c2ccc(N(c4ccccc4)c4cccc5c4oc4ccccc45)c4cccc-3c24)cc1. The minimum Gasteiger partial charge on any atom is -0.454 e. The molecule has 0 bridgehead atoms. The highest BCUT2D eigenvalue weighted by Gasteiger charge is 2.30. The van der Waals surface area contributed by atoms with Gasteiger partial charge in [0.1, 0.15) is 11.3 Å². The maximum absolute atomic E-state index is 6.51. The topological polar surface area (TPSA) is 42.4 Å². The molecule has 9 rings (SSSR count). The van der Waals surface area contributed by atoms with Crippen molar-refractivity contribution >= 4 is 49.8 Å². The Balaban J connectivity index is 1.29. The minimum atomic E-state index is 0.643. The molecule has 4 heteroatoms. The van der Waals surface area contributed by atoms with Gasteiger partial charge >= 0.3 is 0 Å². The van der Waals surface area contributed by atoms with Gasteiger partial charge in [-0.2, -0.15) is 0 Å². The number of furan rings is 1.